The van der Waals surface area contributed by atoms with Crippen molar-refractivity contribution in [2.45, 2.75) is 25.9 Å². The third-order valence-corrected chi connectivity index (χ3v) is 5.60. The summed E-state index contributed by atoms with van der Waals surface area (Å²) in [7, 11) is 1.47. The molecule has 3 N–H and O–H groups in total. The highest BCUT2D eigenvalue weighted by Gasteiger charge is 2.19. The maximum Gasteiger partial charge on any atom is 0.329 e. The molecular weight excluding hydrogens is 520 g/mol. The van der Waals surface area contributed by atoms with Crippen LogP contribution in [0.15, 0.2) is 46.0 Å². The second kappa shape index (κ2) is 12.9. The normalized spacial score (nSPS) is 15.0. The van der Waals surface area contributed by atoms with Gasteiger partial charge < -0.3 is 24.8 Å². The molecule has 0 spiro atoms. The molecule has 1 atom stereocenters. The molecule has 35 heavy (non-hydrogen) atoms. The van der Waals surface area contributed by atoms with Crippen molar-refractivity contribution in [3.63, 3.8) is 0 Å². The van der Waals surface area contributed by atoms with Gasteiger partial charge >= 0.3 is 11.8 Å². The monoisotopic (exact) mass is 546 g/mol. The highest BCUT2D eigenvalue weighted by molar-refractivity contribution is 9.10. The standard InChI is InChI=1S/C24H27BrN4O6/c1-15-10-17(25)6-7-19(15)28-22(30)14-35-20-8-5-16(11-21(20)33-2)12-27-29-24(32)23(31)26-13-18-4-3-9-34-18/h5-8,10-12,18H,3-4,9,13-14H2,1-2H3,(H,26,31)(H,28,30)(H,29,32)/b27-12-/t18-/m1/s1. The Labute approximate surface area is 211 Å². The van der Waals surface area contributed by atoms with Crippen LogP contribution in [0.5, 0.6) is 11.5 Å². The van der Waals surface area contributed by atoms with Gasteiger partial charge in [-0.15, -0.1) is 0 Å². The number of nitrogens with zero attached hydrogens (tertiary/aromatic N) is 1. The van der Waals surface area contributed by atoms with Crippen LogP contribution in [0.1, 0.15) is 24.0 Å². The summed E-state index contributed by atoms with van der Waals surface area (Å²) in [6.07, 6.45) is 3.11. The summed E-state index contributed by atoms with van der Waals surface area (Å²) in [6, 6.07) is 10.5. The van der Waals surface area contributed by atoms with E-state index in [1.807, 2.05) is 19.1 Å². The first-order valence-electron chi connectivity index (χ1n) is 11.0. The van der Waals surface area contributed by atoms with Crippen molar-refractivity contribution in [1.29, 1.82) is 0 Å². The van der Waals surface area contributed by atoms with Gasteiger partial charge in [0.15, 0.2) is 18.1 Å². The Bertz CT molecular complexity index is 1100. The zero-order chi connectivity index (χ0) is 25.2. The van der Waals surface area contributed by atoms with E-state index in [9.17, 15) is 14.4 Å². The fraction of sp³-hybridized carbons (Fsp3) is 0.333. The topological polar surface area (TPSA) is 127 Å². The van der Waals surface area contributed by atoms with Crippen LogP contribution in [0.4, 0.5) is 5.69 Å². The van der Waals surface area contributed by atoms with Gasteiger partial charge in [-0.1, -0.05) is 15.9 Å². The molecule has 0 unspecified atom stereocenters. The molecule has 3 amide bonds. The number of ether oxygens (including phenoxy) is 3. The molecule has 0 saturated carbocycles. The molecule has 1 heterocycles. The molecule has 1 fully saturated rings. The highest BCUT2D eigenvalue weighted by atomic mass is 79.9. The van der Waals surface area contributed by atoms with Crippen LogP contribution in [0.25, 0.3) is 0 Å². The van der Waals surface area contributed by atoms with Crippen molar-refractivity contribution in [3.8, 4) is 11.5 Å². The fourth-order valence-corrected chi connectivity index (χ4v) is 3.76. The maximum absolute atomic E-state index is 12.3. The number of hydrogen-bond donors (Lipinski definition) is 3. The summed E-state index contributed by atoms with van der Waals surface area (Å²) in [5.41, 5.74) is 4.38. The van der Waals surface area contributed by atoms with Crippen molar-refractivity contribution in [2.75, 3.05) is 32.2 Å². The molecule has 1 aliphatic rings. The number of nitrogens with one attached hydrogen (secondary N) is 3. The maximum atomic E-state index is 12.3. The van der Waals surface area contributed by atoms with E-state index >= 15 is 0 Å². The molecule has 2 aromatic rings. The Morgan fingerprint density at radius 2 is 2.00 bits per heavy atom. The minimum atomic E-state index is -0.877. The molecular formula is C24H27BrN4O6. The predicted molar refractivity (Wildman–Crippen MR) is 134 cm³/mol. The quantitative estimate of drug-likeness (QED) is 0.252. The van der Waals surface area contributed by atoms with Crippen molar-refractivity contribution in [1.82, 2.24) is 10.7 Å². The number of carbonyl (C=O) groups excluding carboxylic acids is 3. The summed E-state index contributed by atoms with van der Waals surface area (Å²) < 4.78 is 17.3. The summed E-state index contributed by atoms with van der Waals surface area (Å²) in [6.45, 7) is 2.64. The summed E-state index contributed by atoms with van der Waals surface area (Å²) in [5.74, 6) is -1.23. The Morgan fingerprint density at radius 1 is 1.17 bits per heavy atom. The zero-order valence-electron chi connectivity index (χ0n) is 19.4. The molecule has 1 aliphatic heterocycles. The van der Waals surface area contributed by atoms with E-state index in [0.717, 1.165) is 22.9 Å². The Kier molecular flexibility index (Phi) is 9.62. The molecule has 0 aliphatic carbocycles. The number of hydrazone groups is 1. The second-order valence-electron chi connectivity index (χ2n) is 7.75. The third-order valence-electron chi connectivity index (χ3n) is 5.11. The van der Waals surface area contributed by atoms with E-state index in [4.69, 9.17) is 14.2 Å². The zero-order valence-corrected chi connectivity index (χ0v) is 21.0. The Morgan fingerprint density at radius 3 is 2.71 bits per heavy atom. The van der Waals surface area contributed by atoms with E-state index in [-0.39, 0.29) is 25.2 Å². The minimum Gasteiger partial charge on any atom is -0.493 e. The first-order valence-corrected chi connectivity index (χ1v) is 11.7. The molecule has 10 nitrogen and oxygen atoms in total. The van der Waals surface area contributed by atoms with E-state index in [2.05, 4.69) is 37.1 Å². The number of rotatable bonds is 9. The van der Waals surface area contributed by atoms with Crippen molar-refractivity contribution >= 4 is 45.6 Å². The van der Waals surface area contributed by atoms with E-state index < -0.39 is 11.8 Å². The van der Waals surface area contributed by atoms with E-state index in [0.29, 0.717) is 29.4 Å². The number of amides is 3. The second-order valence-corrected chi connectivity index (χ2v) is 8.67. The lowest BCUT2D eigenvalue weighted by atomic mass is 10.2. The lowest BCUT2D eigenvalue weighted by Crippen LogP contribution is -2.41. The first kappa shape index (κ1) is 26.2. The third kappa shape index (κ3) is 8.08. The van der Waals surface area contributed by atoms with Crippen molar-refractivity contribution in [3.05, 3.63) is 52.0 Å². The Hall–Kier alpha value is -3.44. The average molecular weight is 547 g/mol. The smallest absolute Gasteiger partial charge is 0.329 e. The first-order chi connectivity index (χ1) is 16.9. The molecule has 186 valence electrons. The van der Waals surface area contributed by atoms with Crippen LogP contribution in [-0.2, 0) is 19.1 Å². The molecule has 3 rings (SSSR count). The van der Waals surface area contributed by atoms with Crippen LogP contribution >= 0.6 is 15.9 Å². The van der Waals surface area contributed by atoms with Gasteiger partial charge in [-0.25, -0.2) is 5.43 Å². The predicted octanol–water partition coefficient (Wildman–Crippen LogP) is 2.53. The van der Waals surface area contributed by atoms with Gasteiger partial charge in [0.25, 0.3) is 5.91 Å². The van der Waals surface area contributed by atoms with Gasteiger partial charge in [-0.2, -0.15) is 5.10 Å². The number of carbonyl (C=O) groups is 3. The van der Waals surface area contributed by atoms with Crippen LogP contribution < -0.4 is 25.5 Å². The lowest BCUT2D eigenvalue weighted by Gasteiger charge is -2.12. The van der Waals surface area contributed by atoms with Gasteiger partial charge in [0.05, 0.1) is 19.4 Å². The highest BCUT2D eigenvalue weighted by Crippen LogP contribution is 2.27. The molecule has 1 saturated heterocycles. The number of hydrogen-bond acceptors (Lipinski definition) is 7. The lowest BCUT2D eigenvalue weighted by molar-refractivity contribution is -0.139. The molecule has 2 aromatic carbocycles. The summed E-state index contributed by atoms with van der Waals surface area (Å²) in [5, 5.41) is 9.13. The van der Waals surface area contributed by atoms with Gasteiger partial charge in [0.1, 0.15) is 0 Å². The number of aryl methyl sites for hydroxylation is 1. The van der Waals surface area contributed by atoms with Crippen LogP contribution in [0.2, 0.25) is 0 Å². The van der Waals surface area contributed by atoms with E-state index in [1.165, 1.54) is 13.3 Å². The average Bonchev–Trinajstić information content (AvgIpc) is 3.37. The number of anilines is 1. The van der Waals surface area contributed by atoms with Crippen molar-refractivity contribution in [2.24, 2.45) is 5.10 Å². The van der Waals surface area contributed by atoms with Crippen LogP contribution in [0, 0.1) is 6.92 Å². The summed E-state index contributed by atoms with van der Waals surface area (Å²) >= 11 is 3.39. The van der Waals surface area contributed by atoms with E-state index in [1.54, 1.807) is 24.3 Å². The van der Waals surface area contributed by atoms with Gasteiger partial charge in [0, 0.05) is 23.3 Å². The molecule has 0 aromatic heterocycles. The number of methoxy groups -OCH3 is 1. The van der Waals surface area contributed by atoms with Crippen LogP contribution in [-0.4, -0.2) is 56.9 Å². The largest absolute Gasteiger partial charge is 0.493 e. The van der Waals surface area contributed by atoms with Gasteiger partial charge in [-0.05, 0) is 67.3 Å². The van der Waals surface area contributed by atoms with Crippen LogP contribution in [0.3, 0.4) is 0 Å². The van der Waals surface area contributed by atoms with Gasteiger partial charge in [-0.3, -0.25) is 14.4 Å². The number of halogens is 1. The molecule has 0 radical (unpaired) electrons. The number of benzene rings is 2. The van der Waals surface area contributed by atoms with Gasteiger partial charge in [0.2, 0.25) is 0 Å². The fourth-order valence-electron chi connectivity index (χ4n) is 3.29. The SMILES string of the molecule is COc1cc(/C=N\NC(=O)C(=O)NC[C@H]2CCCO2)ccc1OCC(=O)Nc1ccc(Br)cc1C. The minimum absolute atomic E-state index is 0.0561. The van der Waals surface area contributed by atoms with Crippen molar-refractivity contribution < 1.29 is 28.6 Å². The molecule has 11 heteroatoms. The molecule has 0 bridgehead atoms. The summed E-state index contributed by atoms with van der Waals surface area (Å²) in [4.78, 5) is 36.0. The Balaban J connectivity index is 1.48.